The molecule has 1 saturated heterocycles. The van der Waals surface area contributed by atoms with Crippen LogP contribution < -0.4 is 15.8 Å². The quantitative estimate of drug-likeness (QED) is 0.426. The first-order valence-corrected chi connectivity index (χ1v) is 10.1. The summed E-state index contributed by atoms with van der Waals surface area (Å²) in [6.07, 6.45) is 3.76. The van der Waals surface area contributed by atoms with Crippen molar-refractivity contribution >= 4 is 29.2 Å². The maximum Gasteiger partial charge on any atom is 0.303 e. The molecule has 0 radical (unpaired) electrons. The Bertz CT molecular complexity index is 698. The molecular weight excluding hydrogens is 382 g/mol. The maximum atomic E-state index is 12.7. The minimum Gasteiger partial charge on any atom is -0.496 e. The number of benzene rings is 1. The Balaban J connectivity index is 1.84. The number of carbonyl (C=O) groups is 2. The lowest BCUT2D eigenvalue weighted by molar-refractivity contribution is -0.137. The third kappa shape index (κ3) is 6.27. The van der Waals surface area contributed by atoms with Gasteiger partial charge in [-0.1, -0.05) is 24.9 Å². The first-order chi connectivity index (χ1) is 13.3. The van der Waals surface area contributed by atoms with Gasteiger partial charge in [0.25, 0.3) is 5.91 Å². The average Bonchev–Trinajstić information content (AvgIpc) is 2.65. The van der Waals surface area contributed by atoms with Gasteiger partial charge in [-0.25, -0.2) is 0 Å². The summed E-state index contributed by atoms with van der Waals surface area (Å²) in [5.74, 6) is -0.222. The summed E-state index contributed by atoms with van der Waals surface area (Å²) in [5.41, 5.74) is 6.54. The number of anilines is 1. The first-order valence-electron chi connectivity index (χ1n) is 9.69. The summed E-state index contributed by atoms with van der Waals surface area (Å²) in [5, 5.41) is 12.1. The van der Waals surface area contributed by atoms with Gasteiger partial charge in [0.15, 0.2) is 0 Å². The average molecular weight is 412 g/mol. The number of rotatable bonds is 9. The van der Waals surface area contributed by atoms with E-state index in [1.54, 1.807) is 12.1 Å². The number of hydrogen-bond acceptors (Lipinski definition) is 5. The number of ether oxygens (including phenoxy) is 1. The Kier molecular flexibility index (Phi) is 8.38. The number of nitrogens with zero attached hydrogens (tertiary/aromatic N) is 1. The Morgan fingerprint density at radius 2 is 2.11 bits per heavy atom. The third-order valence-corrected chi connectivity index (χ3v) is 5.56. The molecule has 1 fully saturated rings. The highest BCUT2D eigenvalue weighted by molar-refractivity contribution is 6.33. The largest absolute Gasteiger partial charge is 0.496 e. The molecule has 1 aromatic carbocycles. The SMILES string of the molecule is COc1cc(N)c(Cl)cc1C(=O)N[C@H]1CCN(CCCCCC(=O)O)C[C@H]1C. The van der Waals surface area contributed by atoms with Crippen LogP contribution >= 0.6 is 11.6 Å². The lowest BCUT2D eigenvalue weighted by Gasteiger charge is -2.37. The summed E-state index contributed by atoms with van der Waals surface area (Å²) in [6.45, 7) is 4.91. The van der Waals surface area contributed by atoms with E-state index < -0.39 is 5.97 Å². The zero-order chi connectivity index (χ0) is 20.7. The number of carboxylic acids is 1. The van der Waals surface area contributed by atoms with E-state index in [2.05, 4.69) is 17.1 Å². The van der Waals surface area contributed by atoms with Gasteiger partial charge in [0.05, 0.1) is 23.4 Å². The predicted molar refractivity (Wildman–Crippen MR) is 110 cm³/mol. The molecule has 1 heterocycles. The number of carbonyl (C=O) groups excluding carboxylic acids is 1. The van der Waals surface area contributed by atoms with E-state index in [0.29, 0.717) is 27.9 Å². The molecule has 1 aliphatic heterocycles. The molecule has 0 aliphatic carbocycles. The summed E-state index contributed by atoms with van der Waals surface area (Å²) < 4.78 is 5.27. The lowest BCUT2D eigenvalue weighted by Crippen LogP contribution is -2.50. The fraction of sp³-hybridized carbons (Fsp3) is 0.600. The minimum absolute atomic E-state index is 0.0804. The molecule has 0 saturated carbocycles. The number of nitrogen functional groups attached to an aromatic ring is 1. The van der Waals surface area contributed by atoms with Crippen LogP contribution in [0.1, 0.15) is 49.4 Å². The van der Waals surface area contributed by atoms with Gasteiger partial charge in [-0.05, 0) is 37.8 Å². The predicted octanol–water partition coefficient (Wildman–Crippen LogP) is 3.02. The standard InChI is InChI=1S/C20H30ClN3O4/c1-13-12-24(8-5-3-4-6-19(25)26)9-7-17(13)23-20(27)14-10-15(21)16(22)11-18(14)28-2/h10-11,13,17H,3-9,12,22H2,1-2H3,(H,23,27)(H,25,26)/t13-,17+/m1/s1. The van der Waals surface area contributed by atoms with Gasteiger partial charge in [-0.3, -0.25) is 9.59 Å². The van der Waals surface area contributed by atoms with Crippen LogP contribution in [0, 0.1) is 5.92 Å². The van der Waals surface area contributed by atoms with Crippen LogP contribution in [0.4, 0.5) is 5.69 Å². The first kappa shape index (κ1) is 22.3. The second kappa shape index (κ2) is 10.5. The molecule has 8 heteroatoms. The third-order valence-electron chi connectivity index (χ3n) is 5.23. The van der Waals surface area contributed by atoms with Crippen molar-refractivity contribution in [2.24, 2.45) is 5.92 Å². The summed E-state index contributed by atoms with van der Waals surface area (Å²) in [7, 11) is 1.50. The number of hydrogen-bond donors (Lipinski definition) is 3. The fourth-order valence-electron chi connectivity index (χ4n) is 3.60. The smallest absolute Gasteiger partial charge is 0.303 e. The van der Waals surface area contributed by atoms with Crippen LogP contribution in [-0.4, -0.2) is 54.7 Å². The monoisotopic (exact) mass is 411 g/mol. The molecule has 2 rings (SSSR count). The second-order valence-corrected chi connectivity index (χ2v) is 7.83. The Morgan fingerprint density at radius 1 is 1.36 bits per heavy atom. The van der Waals surface area contributed by atoms with Gasteiger partial charge >= 0.3 is 5.97 Å². The van der Waals surface area contributed by atoms with Crippen LogP contribution in [0.25, 0.3) is 0 Å². The molecule has 0 bridgehead atoms. The molecule has 28 heavy (non-hydrogen) atoms. The molecule has 4 N–H and O–H groups in total. The molecule has 156 valence electrons. The molecule has 0 unspecified atom stereocenters. The van der Waals surface area contributed by atoms with Crippen molar-refractivity contribution in [2.45, 2.75) is 45.1 Å². The Morgan fingerprint density at radius 3 is 2.75 bits per heavy atom. The molecule has 0 aromatic heterocycles. The highest BCUT2D eigenvalue weighted by atomic mass is 35.5. The number of halogens is 1. The van der Waals surface area contributed by atoms with Crippen molar-refractivity contribution in [1.29, 1.82) is 0 Å². The number of methoxy groups -OCH3 is 1. The van der Waals surface area contributed by atoms with E-state index in [0.717, 1.165) is 45.3 Å². The van der Waals surface area contributed by atoms with Crippen molar-refractivity contribution in [3.63, 3.8) is 0 Å². The van der Waals surface area contributed by atoms with Gasteiger partial charge in [-0.2, -0.15) is 0 Å². The molecule has 2 atom stereocenters. The number of carboxylic acid groups (broad SMARTS) is 1. The zero-order valence-corrected chi connectivity index (χ0v) is 17.3. The fourth-order valence-corrected chi connectivity index (χ4v) is 3.76. The highest BCUT2D eigenvalue weighted by Gasteiger charge is 2.28. The Hall–Kier alpha value is -1.99. The number of aliphatic carboxylic acids is 1. The molecule has 7 nitrogen and oxygen atoms in total. The Labute approximate surface area is 171 Å². The van der Waals surface area contributed by atoms with Crippen LogP contribution in [0.2, 0.25) is 5.02 Å². The van der Waals surface area contributed by atoms with Crippen LogP contribution in [0.15, 0.2) is 12.1 Å². The van der Waals surface area contributed by atoms with E-state index in [1.807, 2.05) is 0 Å². The van der Waals surface area contributed by atoms with Crippen LogP contribution in [-0.2, 0) is 4.79 Å². The van der Waals surface area contributed by atoms with E-state index >= 15 is 0 Å². The zero-order valence-electron chi connectivity index (χ0n) is 16.5. The van der Waals surface area contributed by atoms with Gasteiger partial charge in [0.2, 0.25) is 0 Å². The number of unbranched alkanes of at least 4 members (excludes halogenated alkanes) is 2. The van der Waals surface area contributed by atoms with E-state index in [1.165, 1.54) is 7.11 Å². The number of piperidine rings is 1. The second-order valence-electron chi connectivity index (χ2n) is 7.42. The maximum absolute atomic E-state index is 12.7. The van der Waals surface area contributed by atoms with Gasteiger partial charge in [-0.15, -0.1) is 0 Å². The van der Waals surface area contributed by atoms with Crippen molar-refractivity contribution in [1.82, 2.24) is 10.2 Å². The van der Waals surface area contributed by atoms with Crippen LogP contribution in [0.3, 0.4) is 0 Å². The van der Waals surface area contributed by atoms with E-state index in [4.69, 9.17) is 27.2 Å². The summed E-state index contributed by atoms with van der Waals surface area (Å²) in [4.78, 5) is 25.7. The van der Waals surface area contributed by atoms with Gasteiger partial charge < -0.3 is 25.8 Å². The summed E-state index contributed by atoms with van der Waals surface area (Å²) in [6, 6.07) is 3.19. The van der Waals surface area contributed by atoms with Gasteiger partial charge in [0.1, 0.15) is 5.75 Å². The van der Waals surface area contributed by atoms with Crippen molar-refractivity contribution < 1.29 is 19.4 Å². The topological polar surface area (TPSA) is 105 Å². The number of nitrogens with one attached hydrogen (secondary N) is 1. The number of nitrogens with two attached hydrogens (primary N) is 1. The molecule has 0 spiro atoms. The summed E-state index contributed by atoms with van der Waals surface area (Å²) >= 11 is 6.07. The molecule has 1 aromatic rings. The molecule has 1 aliphatic rings. The highest BCUT2D eigenvalue weighted by Crippen LogP contribution is 2.29. The number of likely N-dealkylation sites (tertiary alicyclic amines) is 1. The van der Waals surface area contributed by atoms with Crippen LogP contribution in [0.5, 0.6) is 5.75 Å². The van der Waals surface area contributed by atoms with Crippen molar-refractivity contribution in [3.05, 3.63) is 22.7 Å². The lowest BCUT2D eigenvalue weighted by atomic mass is 9.93. The van der Waals surface area contributed by atoms with Crippen molar-refractivity contribution in [2.75, 3.05) is 32.5 Å². The van der Waals surface area contributed by atoms with Gasteiger partial charge in [0, 0.05) is 31.6 Å². The molecular formula is C20H30ClN3O4. The van der Waals surface area contributed by atoms with E-state index in [9.17, 15) is 9.59 Å². The normalized spacial score (nSPS) is 20.0. The molecule has 1 amide bonds. The van der Waals surface area contributed by atoms with Crippen molar-refractivity contribution in [3.8, 4) is 5.75 Å². The minimum atomic E-state index is -0.732. The number of amides is 1. The van der Waals surface area contributed by atoms with E-state index in [-0.39, 0.29) is 18.4 Å².